The van der Waals surface area contributed by atoms with Crippen LogP contribution < -0.4 is 0 Å². The molecule has 0 aliphatic carbocycles. The number of carbonyl (C=O) groups is 1. The van der Waals surface area contributed by atoms with Crippen molar-refractivity contribution in [2.75, 3.05) is 19.7 Å². The molecule has 0 aromatic carbocycles. The maximum atomic E-state index is 10.8. The summed E-state index contributed by atoms with van der Waals surface area (Å²) in [6, 6.07) is 2.06. The van der Waals surface area contributed by atoms with Gasteiger partial charge in [0.25, 0.3) is 0 Å². The molecule has 1 aliphatic heterocycles. The number of nitrogens with zero attached hydrogens (tertiary/aromatic N) is 2. The third-order valence-corrected chi connectivity index (χ3v) is 1.56. The molecule has 1 unspecified atom stereocenters. The average molecular weight is 154 g/mol. The highest BCUT2D eigenvalue weighted by atomic mass is 16.6. The van der Waals surface area contributed by atoms with Gasteiger partial charge in [-0.3, -0.25) is 0 Å². The molecule has 0 spiro atoms. The first-order valence-corrected chi connectivity index (χ1v) is 3.55. The van der Waals surface area contributed by atoms with Gasteiger partial charge in [-0.25, -0.2) is 4.79 Å². The molecule has 11 heavy (non-hydrogen) atoms. The van der Waals surface area contributed by atoms with Gasteiger partial charge in [0.05, 0.1) is 18.5 Å². The number of nitriles is 1. The maximum Gasteiger partial charge on any atom is 0.409 e. The molecule has 1 saturated heterocycles. The molecule has 1 aliphatic rings. The normalized spacial score (nSPS) is 19.3. The second kappa shape index (κ2) is 3.24. The predicted octanol–water partition coefficient (Wildman–Crippen LogP) is 0.598. The summed E-state index contributed by atoms with van der Waals surface area (Å²) in [7, 11) is 0. The van der Waals surface area contributed by atoms with Gasteiger partial charge in [-0.15, -0.1) is 0 Å². The van der Waals surface area contributed by atoms with Gasteiger partial charge in [-0.05, 0) is 6.92 Å². The summed E-state index contributed by atoms with van der Waals surface area (Å²) >= 11 is 0. The fourth-order valence-corrected chi connectivity index (χ4v) is 0.963. The highest BCUT2D eigenvalue weighted by Gasteiger charge is 2.22. The lowest BCUT2D eigenvalue weighted by atomic mass is 10.2. The van der Waals surface area contributed by atoms with Crippen LogP contribution in [0.2, 0.25) is 0 Å². The Morgan fingerprint density at radius 3 is 3.09 bits per heavy atom. The van der Waals surface area contributed by atoms with Crippen molar-refractivity contribution >= 4 is 6.09 Å². The summed E-state index contributed by atoms with van der Waals surface area (Å²) in [6.45, 7) is 3.34. The molecule has 1 fully saturated rings. The third-order valence-electron chi connectivity index (χ3n) is 1.56. The van der Waals surface area contributed by atoms with Crippen molar-refractivity contribution in [1.29, 1.82) is 5.26 Å². The van der Waals surface area contributed by atoms with E-state index in [4.69, 9.17) is 5.26 Å². The second-order valence-corrected chi connectivity index (χ2v) is 2.59. The summed E-state index contributed by atoms with van der Waals surface area (Å²) in [4.78, 5) is 12.4. The molecule has 0 radical (unpaired) electrons. The van der Waals surface area contributed by atoms with Crippen LogP contribution in [0.3, 0.4) is 0 Å². The van der Waals surface area contributed by atoms with Crippen LogP contribution in [0.5, 0.6) is 0 Å². The van der Waals surface area contributed by atoms with E-state index in [9.17, 15) is 4.79 Å². The summed E-state index contributed by atoms with van der Waals surface area (Å²) < 4.78 is 4.69. The quantitative estimate of drug-likeness (QED) is 0.585. The lowest BCUT2D eigenvalue weighted by Gasteiger charge is -2.12. The number of hydrogen-bond acceptors (Lipinski definition) is 3. The zero-order valence-corrected chi connectivity index (χ0v) is 6.41. The maximum absolute atomic E-state index is 10.8. The molecule has 0 N–H and O–H groups in total. The van der Waals surface area contributed by atoms with E-state index in [1.165, 1.54) is 0 Å². The first-order chi connectivity index (χ1) is 5.24. The Hall–Kier alpha value is -1.24. The lowest BCUT2D eigenvalue weighted by Crippen LogP contribution is -2.28. The van der Waals surface area contributed by atoms with E-state index in [1.807, 2.05) is 0 Å². The van der Waals surface area contributed by atoms with Crippen LogP contribution >= 0.6 is 0 Å². The molecule has 0 saturated carbocycles. The summed E-state index contributed by atoms with van der Waals surface area (Å²) in [5.74, 6) is -0.111. The molecule has 1 atom stereocenters. The van der Waals surface area contributed by atoms with E-state index in [-0.39, 0.29) is 12.0 Å². The Labute approximate surface area is 65.4 Å². The van der Waals surface area contributed by atoms with Crippen molar-refractivity contribution in [3.8, 4) is 6.07 Å². The number of cyclic esters (lactones) is 1. The molecule has 1 rings (SSSR count). The zero-order valence-electron chi connectivity index (χ0n) is 6.41. The minimum absolute atomic E-state index is 0.111. The van der Waals surface area contributed by atoms with Gasteiger partial charge >= 0.3 is 6.09 Å². The van der Waals surface area contributed by atoms with Crippen molar-refractivity contribution in [2.24, 2.45) is 5.92 Å². The van der Waals surface area contributed by atoms with Gasteiger partial charge in [0.1, 0.15) is 6.61 Å². The van der Waals surface area contributed by atoms with Gasteiger partial charge < -0.3 is 9.64 Å². The first kappa shape index (κ1) is 7.86. The van der Waals surface area contributed by atoms with Crippen molar-refractivity contribution in [1.82, 2.24) is 4.90 Å². The van der Waals surface area contributed by atoms with Gasteiger partial charge in [0.15, 0.2) is 0 Å². The van der Waals surface area contributed by atoms with Crippen LogP contribution in [-0.4, -0.2) is 30.7 Å². The van der Waals surface area contributed by atoms with E-state index in [1.54, 1.807) is 11.8 Å². The van der Waals surface area contributed by atoms with Gasteiger partial charge in [0, 0.05) is 6.54 Å². The van der Waals surface area contributed by atoms with Crippen LogP contribution in [0.15, 0.2) is 0 Å². The van der Waals surface area contributed by atoms with E-state index in [2.05, 4.69) is 10.8 Å². The standard InChI is InChI=1S/C7H10N2O2/c1-6(4-8)5-9-2-3-11-7(9)10/h6H,2-3,5H2,1H3. The minimum Gasteiger partial charge on any atom is -0.448 e. The SMILES string of the molecule is CC(C#N)CN1CCOC1=O. The average Bonchev–Trinajstić information content (AvgIpc) is 2.37. The molecule has 4 nitrogen and oxygen atoms in total. The van der Waals surface area contributed by atoms with E-state index in [0.29, 0.717) is 19.7 Å². The zero-order chi connectivity index (χ0) is 8.27. The van der Waals surface area contributed by atoms with Crippen molar-refractivity contribution in [2.45, 2.75) is 6.92 Å². The Morgan fingerprint density at radius 2 is 2.64 bits per heavy atom. The van der Waals surface area contributed by atoms with E-state index >= 15 is 0 Å². The number of amides is 1. The molecular weight excluding hydrogens is 144 g/mol. The van der Waals surface area contributed by atoms with E-state index in [0.717, 1.165) is 0 Å². The number of hydrogen-bond donors (Lipinski definition) is 0. The topological polar surface area (TPSA) is 53.3 Å². The van der Waals surface area contributed by atoms with Gasteiger partial charge in [0.2, 0.25) is 0 Å². The van der Waals surface area contributed by atoms with Crippen molar-refractivity contribution in [3.05, 3.63) is 0 Å². The molecule has 0 aromatic rings. The Bertz CT molecular complexity index is 197. The molecule has 1 heterocycles. The van der Waals surface area contributed by atoms with Crippen LogP contribution in [0.4, 0.5) is 4.79 Å². The Morgan fingerprint density at radius 1 is 1.91 bits per heavy atom. The molecule has 4 heteroatoms. The predicted molar refractivity (Wildman–Crippen MR) is 37.7 cm³/mol. The van der Waals surface area contributed by atoms with Crippen LogP contribution in [-0.2, 0) is 4.74 Å². The minimum atomic E-state index is -0.299. The number of carbonyl (C=O) groups excluding carboxylic acids is 1. The van der Waals surface area contributed by atoms with Crippen molar-refractivity contribution in [3.63, 3.8) is 0 Å². The number of rotatable bonds is 2. The van der Waals surface area contributed by atoms with Crippen LogP contribution in [0.25, 0.3) is 0 Å². The van der Waals surface area contributed by atoms with Gasteiger partial charge in [-0.2, -0.15) is 5.26 Å². The second-order valence-electron chi connectivity index (χ2n) is 2.59. The fraction of sp³-hybridized carbons (Fsp3) is 0.714. The van der Waals surface area contributed by atoms with Gasteiger partial charge in [-0.1, -0.05) is 0 Å². The first-order valence-electron chi connectivity index (χ1n) is 3.55. The Kier molecular flexibility index (Phi) is 2.32. The van der Waals surface area contributed by atoms with Crippen LogP contribution in [0.1, 0.15) is 6.92 Å². The summed E-state index contributed by atoms with van der Waals surface area (Å²) in [6.07, 6.45) is -0.299. The van der Waals surface area contributed by atoms with Crippen LogP contribution in [0, 0.1) is 17.2 Å². The molecule has 0 bridgehead atoms. The molecule has 1 amide bonds. The fourth-order valence-electron chi connectivity index (χ4n) is 0.963. The largest absolute Gasteiger partial charge is 0.448 e. The Balaban J connectivity index is 2.38. The monoisotopic (exact) mass is 154 g/mol. The highest BCUT2D eigenvalue weighted by Crippen LogP contribution is 2.06. The molecular formula is C7H10N2O2. The highest BCUT2D eigenvalue weighted by molar-refractivity contribution is 5.69. The van der Waals surface area contributed by atoms with E-state index < -0.39 is 0 Å². The molecule has 60 valence electrons. The number of ether oxygens (including phenoxy) is 1. The summed E-state index contributed by atoms with van der Waals surface area (Å²) in [5, 5.41) is 8.45. The smallest absolute Gasteiger partial charge is 0.409 e. The summed E-state index contributed by atoms with van der Waals surface area (Å²) in [5.41, 5.74) is 0. The lowest BCUT2D eigenvalue weighted by molar-refractivity contribution is 0.157. The van der Waals surface area contributed by atoms with Crippen molar-refractivity contribution < 1.29 is 9.53 Å². The third kappa shape index (κ3) is 1.84. The molecule has 0 aromatic heterocycles.